The molecule has 1 aromatic heterocycles. The van der Waals surface area contributed by atoms with Crippen LogP contribution in [0, 0.1) is 18.6 Å². The Morgan fingerprint density at radius 2 is 2.12 bits per heavy atom. The van der Waals surface area contributed by atoms with Crippen LogP contribution < -0.4 is 5.32 Å². The third-order valence-electron chi connectivity index (χ3n) is 1.92. The maximum atomic E-state index is 13.2. The van der Waals surface area contributed by atoms with Gasteiger partial charge in [-0.15, -0.1) is 5.10 Å². The number of halogens is 2. The van der Waals surface area contributed by atoms with Crippen molar-refractivity contribution < 1.29 is 18.0 Å². The van der Waals surface area contributed by atoms with Crippen molar-refractivity contribution in [2.75, 3.05) is 5.32 Å². The number of carbonyl (C=O) groups is 1. The van der Waals surface area contributed by atoms with Crippen molar-refractivity contribution in [1.82, 2.24) is 10.2 Å². The number of aryl methyl sites for hydroxylation is 1. The molecule has 1 aromatic carbocycles. The summed E-state index contributed by atoms with van der Waals surface area (Å²) in [6.45, 7) is 1.54. The Morgan fingerprint density at radius 1 is 1.35 bits per heavy atom. The van der Waals surface area contributed by atoms with Gasteiger partial charge in [-0.2, -0.15) is 0 Å². The van der Waals surface area contributed by atoms with Gasteiger partial charge < -0.3 is 4.42 Å². The van der Waals surface area contributed by atoms with Crippen LogP contribution in [-0.4, -0.2) is 16.1 Å². The molecule has 0 radical (unpaired) electrons. The normalized spacial score (nSPS) is 10.3. The number of carbonyl (C=O) groups excluding carboxylic acids is 1. The Balaban J connectivity index is 2.20. The average Bonchev–Trinajstić information content (AvgIpc) is 2.63. The maximum absolute atomic E-state index is 13.2. The Morgan fingerprint density at radius 3 is 2.71 bits per heavy atom. The molecule has 0 atom stereocenters. The van der Waals surface area contributed by atoms with Gasteiger partial charge in [-0.05, 0) is 12.1 Å². The van der Waals surface area contributed by atoms with Gasteiger partial charge in [0.25, 0.3) is 5.91 Å². The highest BCUT2D eigenvalue weighted by molar-refractivity contribution is 6.03. The monoisotopic (exact) mass is 239 g/mol. The molecule has 0 spiro atoms. The number of aromatic nitrogens is 2. The molecule has 0 aliphatic rings. The molecule has 7 heteroatoms. The Kier molecular flexibility index (Phi) is 2.82. The first-order valence-electron chi connectivity index (χ1n) is 4.63. The van der Waals surface area contributed by atoms with Gasteiger partial charge in [-0.25, -0.2) is 8.78 Å². The van der Waals surface area contributed by atoms with E-state index in [-0.39, 0.29) is 17.5 Å². The van der Waals surface area contributed by atoms with E-state index in [9.17, 15) is 13.6 Å². The van der Waals surface area contributed by atoms with E-state index >= 15 is 0 Å². The Labute approximate surface area is 94.5 Å². The second-order valence-electron chi connectivity index (χ2n) is 3.20. The number of rotatable bonds is 2. The average molecular weight is 239 g/mol. The summed E-state index contributed by atoms with van der Waals surface area (Å²) in [4.78, 5) is 11.6. The van der Waals surface area contributed by atoms with Crippen molar-refractivity contribution in [3.05, 3.63) is 41.3 Å². The first kappa shape index (κ1) is 11.2. The molecule has 1 N–H and O–H groups in total. The quantitative estimate of drug-likeness (QED) is 0.869. The largest absolute Gasteiger partial charge is 0.408 e. The van der Waals surface area contributed by atoms with Crippen LogP contribution in [0.2, 0.25) is 0 Å². The molecule has 0 fully saturated rings. The number of amides is 1. The Bertz CT molecular complexity index is 568. The van der Waals surface area contributed by atoms with E-state index in [1.54, 1.807) is 6.92 Å². The SMILES string of the molecule is Cc1nnc(NC(=O)c2ccc(F)cc2F)o1. The lowest BCUT2D eigenvalue weighted by molar-refractivity contribution is 0.102. The molecule has 0 saturated heterocycles. The summed E-state index contributed by atoms with van der Waals surface area (Å²) in [6.07, 6.45) is 0. The highest BCUT2D eigenvalue weighted by atomic mass is 19.1. The zero-order valence-corrected chi connectivity index (χ0v) is 8.70. The van der Waals surface area contributed by atoms with Crippen molar-refractivity contribution >= 4 is 11.9 Å². The summed E-state index contributed by atoms with van der Waals surface area (Å²) in [7, 11) is 0. The third-order valence-corrected chi connectivity index (χ3v) is 1.92. The first-order valence-corrected chi connectivity index (χ1v) is 4.63. The highest BCUT2D eigenvalue weighted by Gasteiger charge is 2.14. The number of benzene rings is 1. The van der Waals surface area contributed by atoms with E-state index in [2.05, 4.69) is 15.5 Å². The van der Waals surface area contributed by atoms with E-state index in [1.165, 1.54) is 0 Å². The van der Waals surface area contributed by atoms with Gasteiger partial charge in [0.1, 0.15) is 11.6 Å². The molecule has 1 heterocycles. The van der Waals surface area contributed by atoms with Crippen LogP contribution in [0.25, 0.3) is 0 Å². The predicted molar refractivity (Wildman–Crippen MR) is 53.3 cm³/mol. The van der Waals surface area contributed by atoms with Crippen LogP contribution in [0.5, 0.6) is 0 Å². The van der Waals surface area contributed by atoms with Crippen molar-refractivity contribution in [3.8, 4) is 0 Å². The molecular formula is C10H7F2N3O2. The van der Waals surface area contributed by atoms with Crippen molar-refractivity contribution in [3.63, 3.8) is 0 Å². The number of anilines is 1. The van der Waals surface area contributed by atoms with E-state index in [0.29, 0.717) is 6.07 Å². The second-order valence-corrected chi connectivity index (χ2v) is 3.20. The summed E-state index contributed by atoms with van der Waals surface area (Å²) in [5.74, 6) is -2.24. The van der Waals surface area contributed by atoms with Crippen LogP contribution in [0.4, 0.5) is 14.8 Å². The predicted octanol–water partition coefficient (Wildman–Crippen LogP) is 1.91. The molecule has 0 aliphatic heterocycles. The van der Waals surface area contributed by atoms with Crippen molar-refractivity contribution in [2.45, 2.75) is 6.92 Å². The van der Waals surface area contributed by atoms with Gasteiger partial charge in [-0.3, -0.25) is 10.1 Å². The van der Waals surface area contributed by atoms with Crippen LogP contribution in [0.15, 0.2) is 22.6 Å². The summed E-state index contributed by atoms with van der Waals surface area (Å²) < 4.78 is 30.8. The van der Waals surface area contributed by atoms with Gasteiger partial charge in [-0.1, -0.05) is 5.10 Å². The smallest absolute Gasteiger partial charge is 0.322 e. The lowest BCUT2D eigenvalue weighted by Gasteiger charge is -2.01. The molecule has 17 heavy (non-hydrogen) atoms. The minimum absolute atomic E-state index is 0.142. The fraction of sp³-hybridized carbons (Fsp3) is 0.100. The summed E-state index contributed by atoms with van der Waals surface area (Å²) in [6, 6.07) is 2.49. The first-order chi connectivity index (χ1) is 8.06. The molecule has 0 saturated carbocycles. The zero-order valence-electron chi connectivity index (χ0n) is 8.70. The lowest BCUT2D eigenvalue weighted by Crippen LogP contribution is -2.14. The number of hydrogen-bond acceptors (Lipinski definition) is 4. The fourth-order valence-electron chi connectivity index (χ4n) is 1.19. The lowest BCUT2D eigenvalue weighted by atomic mass is 10.2. The van der Waals surface area contributed by atoms with Crippen LogP contribution >= 0.6 is 0 Å². The van der Waals surface area contributed by atoms with Gasteiger partial charge >= 0.3 is 6.01 Å². The van der Waals surface area contributed by atoms with E-state index in [0.717, 1.165) is 12.1 Å². The minimum atomic E-state index is -0.960. The van der Waals surface area contributed by atoms with Gasteiger partial charge in [0.2, 0.25) is 5.89 Å². The number of nitrogens with one attached hydrogen (secondary N) is 1. The van der Waals surface area contributed by atoms with E-state index < -0.39 is 17.5 Å². The standard InChI is InChI=1S/C10H7F2N3O2/c1-5-14-15-10(17-5)13-9(16)7-3-2-6(11)4-8(7)12/h2-4H,1H3,(H,13,15,16). The van der Waals surface area contributed by atoms with Crippen molar-refractivity contribution in [2.24, 2.45) is 0 Å². The van der Waals surface area contributed by atoms with E-state index in [4.69, 9.17) is 4.42 Å². The number of nitrogens with zero attached hydrogens (tertiary/aromatic N) is 2. The number of hydrogen-bond donors (Lipinski definition) is 1. The van der Waals surface area contributed by atoms with Crippen LogP contribution in [-0.2, 0) is 0 Å². The fourth-order valence-corrected chi connectivity index (χ4v) is 1.19. The molecule has 0 bridgehead atoms. The topological polar surface area (TPSA) is 68.0 Å². The summed E-state index contributed by atoms with van der Waals surface area (Å²) >= 11 is 0. The summed E-state index contributed by atoms with van der Waals surface area (Å²) in [5.41, 5.74) is -0.303. The van der Waals surface area contributed by atoms with Gasteiger partial charge in [0.05, 0.1) is 5.56 Å². The van der Waals surface area contributed by atoms with Crippen LogP contribution in [0.1, 0.15) is 16.2 Å². The Hall–Kier alpha value is -2.31. The molecule has 2 rings (SSSR count). The van der Waals surface area contributed by atoms with Gasteiger partial charge in [0, 0.05) is 13.0 Å². The third kappa shape index (κ3) is 2.44. The van der Waals surface area contributed by atoms with E-state index in [1.807, 2.05) is 0 Å². The maximum Gasteiger partial charge on any atom is 0.322 e. The van der Waals surface area contributed by atoms with Crippen LogP contribution in [0.3, 0.4) is 0 Å². The second kappa shape index (κ2) is 4.28. The molecule has 88 valence electrons. The molecular weight excluding hydrogens is 232 g/mol. The molecule has 0 unspecified atom stereocenters. The highest BCUT2D eigenvalue weighted by Crippen LogP contribution is 2.12. The van der Waals surface area contributed by atoms with Gasteiger partial charge in [0.15, 0.2) is 0 Å². The van der Waals surface area contributed by atoms with Crippen molar-refractivity contribution in [1.29, 1.82) is 0 Å². The molecule has 2 aromatic rings. The zero-order chi connectivity index (χ0) is 12.4. The minimum Gasteiger partial charge on any atom is -0.408 e. The molecule has 0 aliphatic carbocycles. The molecule has 1 amide bonds. The summed E-state index contributed by atoms with van der Waals surface area (Å²) in [5, 5.41) is 9.20. The molecule has 5 nitrogen and oxygen atoms in total.